The van der Waals surface area contributed by atoms with Gasteiger partial charge in [0.2, 0.25) is 0 Å². The van der Waals surface area contributed by atoms with Crippen molar-refractivity contribution in [3.05, 3.63) is 120 Å². The first kappa shape index (κ1) is 26.2. The fourth-order valence-electron chi connectivity index (χ4n) is 9.12. The number of hydrogen-bond donors (Lipinski definition) is 1. The first-order valence-corrected chi connectivity index (χ1v) is 16.6. The number of nitrogens with one attached hydrogen (secondary N) is 1. The Kier molecular flexibility index (Phi) is 5.15. The van der Waals surface area contributed by atoms with Gasteiger partial charge in [-0.05, 0) is 104 Å². The van der Waals surface area contributed by atoms with Crippen molar-refractivity contribution in [3.63, 3.8) is 0 Å². The summed E-state index contributed by atoms with van der Waals surface area (Å²) < 4.78 is 6.96. The van der Waals surface area contributed by atoms with Crippen LogP contribution < -0.4 is 5.32 Å². The van der Waals surface area contributed by atoms with Crippen molar-refractivity contribution in [1.29, 1.82) is 0 Å². The molecule has 1 N–H and O–H groups in total. The topological polar surface area (TPSA) is 39.7 Å². The van der Waals surface area contributed by atoms with Gasteiger partial charge in [-0.1, -0.05) is 62.4 Å². The predicted molar refractivity (Wildman–Crippen MR) is 190 cm³/mol. The minimum atomic E-state index is 0.435. The highest BCUT2D eigenvalue weighted by Gasteiger charge is 2.53. The van der Waals surface area contributed by atoms with Crippen LogP contribution in [0.5, 0.6) is 0 Å². The summed E-state index contributed by atoms with van der Waals surface area (Å²) in [5.74, 6) is 2.70. The van der Waals surface area contributed by atoms with Crippen molar-refractivity contribution in [3.8, 4) is 11.4 Å². The third-order valence-electron chi connectivity index (χ3n) is 11.6. The Bertz CT molecular complexity index is 2490. The summed E-state index contributed by atoms with van der Waals surface area (Å²) >= 11 is 0. The zero-order valence-electron chi connectivity index (χ0n) is 26.8. The van der Waals surface area contributed by atoms with Crippen LogP contribution >= 0.6 is 0 Å². The zero-order chi connectivity index (χ0) is 30.9. The molecule has 5 nitrogen and oxygen atoms in total. The fourth-order valence-corrected chi connectivity index (χ4v) is 9.12. The third kappa shape index (κ3) is 3.43. The van der Waals surface area contributed by atoms with E-state index < -0.39 is 0 Å². The molecular weight excluding hydrogens is 562 g/mol. The Hall–Kier alpha value is -5.03. The van der Waals surface area contributed by atoms with E-state index in [-0.39, 0.29) is 0 Å². The lowest BCUT2D eigenvalue weighted by Crippen LogP contribution is -2.51. The quantitative estimate of drug-likeness (QED) is 0.220. The SMILES string of the molecule is Cc1cc(C)n(-c2ccc3c4ccccc4n(-c4ccc5c6ccccc6n(C6=CC7=C(CN6)C6CC(C7)C6(C)C)c5c4)c3c2)n1. The van der Waals surface area contributed by atoms with Crippen LogP contribution in [0.2, 0.25) is 0 Å². The molecule has 0 spiro atoms. The Balaban J connectivity index is 1.21. The van der Waals surface area contributed by atoms with Crippen LogP contribution in [-0.2, 0) is 0 Å². The fraction of sp³-hybridized carbons (Fsp3) is 0.244. The van der Waals surface area contributed by atoms with E-state index in [0.29, 0.717) is 11.3 Å². The Morgan fingerprint density at radius 1 is 0.717 bits per heavy atom. The van der Waals surface area contributed by atoms with Crippen molar-refractivity contribution in [2.45, 2.75) is 40.5 Å². The molecule has 46 heavy (non-hydrogen) atoms. The minimum Gasteiger partial charge on any atom is -0.367 e. The zero-order valence-corrected chi connectivity index (χ0v) is 26.8. The number of para-hydroxylation sites is 2. The number of rotatable bonds is 3. The molecule has 4 aromatic carbocycles. The number of dihydropyridines is 1. The summed E-state index contributed by atoms with van der Waals surface area (Å²) in [6, 6.07) is 33.5. The monoisotopic (exact) mass is 599 g/mol. The van der Waals surface area contributed by atoms with E-state index in [4.69, 9.17) is 5.10 Å². The third-order valence-corrected chi connectivity index (χ3v) is 11.6. The summed E-state index contributed by atoms with van der Waals surface area (Å²) in [4.78, 5) is 0. The van der Waals surface area contributed by atoms with E-state index in [2.05, 4.69) is 144 Å². The minimum absolute atomic E-state index is 0.435. The van der Waals surface area contributed by atoms with Gasteiger partial charge >= 0.3 is 0 Å². The molecule has 1 fully saturated rings. The van der Waals surface area contributed by atoms with E-state index in [1.54, 1.807) is 11.1 Å². The number of hydrogen-bond acceptors (Lipinski definition) is 2. The molecule has 3 aromatic heterocycles. The summed E-state index contributed by atoms with van der Waals surface area (Å²) in [6.45, 7) is 10.1. The number of allylic oxidation sites excluding steroid dienone is 2. The van der Waals surface area contributed by atoms with Gasteiger partial charge in [0, 0.05) is 39.5 Å². The lowest BCUT2D eigenvalue weighted by Gasteiger charge is -2.58. The lowest BCUT2D eigenvalue weighted by molar-refractivity contribution is -0.0105. The highest BCUT2D eigenvalue weighted by molar-refractivity contribution is 6.12. The van der Waals surface area contributed by atoms with Gasteiger partial charge in [-0.25, -0.2) is 4.68 Å². The average molecular weight is 600 g/mol. The Morgan fingerprint density at radius 2 is 1.35 bits per heavy atom. The molecule has 2 atom stereocenters. The molecular formula is C41H37N5. The lowest BCUT2D eigenvalue weighted by atomic mass is 9.47. The summed E-state index contributed by atoms with van der Waals surface area (Å²) in [5.41, 5.74) is 12.9. The number of aryl methyl sites for hydroxylation is 2. The van der Waals surface area contributed by atoms with E-state index in [0.717, 1.165) is 35.2 Å². The van der Waals surface area contributed by atoms with E-state index in [1.807, 2.05) is 0 Å². The first-order chi connectivity index (χ1) is 22.4. The number of benzene rings is 4. The standard InChI is InChI=1S/C41H37N5/c1-24-17-25(2)46(43-24)29-14-16-32-30-9-5-7-11-36(30)44(38(32)22-29)28-13-15-33-31-10-6-8-12-37(31)45(39(33)21-28)40-19-26-18-27-20-35(41(27,3)4)34(26)23-42-40/h5-17,19,21-22,27,35,42H,18,20,23H2,1-4H3. The van der Waals surface area contributed by atoms with Gasteiger partial charge in [-0.2, -0.15) is 5.10 Å². The van der Waals surface area contributed by atoms with Gasteiger partial charge in [0.05, 0.1) is 33.4 Å². The molecule has 4 heterocycles. The molecule has 2 bridgehead atoms. The van der Waals surface area contributed by atoms with Crippen LogP contribution in [0, 0.1) is 31.1 Å². The Labute approximate surface area is 268 Å². The molecule has 0 saturated heterocycles. The van der Waals surface area contributed by atoms with Crippen LogP contribution in [0.1, 0.15) is 38.1 Å². The van der Waals surface area contributed by atoms with Crippen molar-refractivity contribution in [1.82, 2.24) is 24.2 Å². The van der Waals surface area contributed by atoms with Gasteiger partial charge in [0.1, 0.15) is 5.82 Å². The smallest absolute Gasteiger partial charge is 0.111 e. The molecule has 226 valence electrons. The maximum absolute atomic E-state index is 4.80. The molecule has 3 aliphatic carbocycles. The van der Waals surface area contributed by atoms with Crippen molar-refractivity contribution < 1.29 is 0 Å². The summed E-state index contributed by atoms with van der Waals surface area (Å²) in [5, 5.41) is 13.8. The van der Waals surface area contributed by atoms with Crippen LogP contribution in [0.25, 0.3) is 60.8 Å². The van der Waals surface area contributed by atoms with Gasteiger partial charge in [0.15, 0.2) is 0 Å². The van der Waals surface area contributed by atoms with E-state index in [9.17, 15) is 0 Å². The van der Waals surface area contributed by atoms with Crippen LogP contribution in [-0.4, -0.2) is 25.5 Å². The van der Waals surface area contributed by atoms with Crippen LogP contribution in [0.15, 0.2) is 108 Å². The molecule has 11 rings (SSSR count). The molecule has 0 amide bonds. The molecule has 4 aliphatic rings. The number of nitrogens with zero attached hydrogens (tertiary/aromatic N) is 4. The number of aromatic nitrogens is 4. The second-order valence-electron chi connectivity index (χ2n) is 14.4. The molecule has 1 aliphatic heterocycles. The van der Waals surface area contributed by atoms with Crippen molar-refractivity contribution in [2.75, 3.05) is 6.54 Å². The average Bonchev–Trinajstić information content (AvgIpc) is 3.71. The normalized spacial score (nSPS) is 20.3. The maximum atomic E-state index is 4.80. The Morgan fingerprint density at radius 3 is 2.04 bits per heavy atom. The van der Waals surface area contributed by atoms with Crippen molar-refractivity contribution in [2.24, 2.45) is 17.3 Å². The first-order valence-electron chi connectivity index (χ1n) is 16.6. The predicted octanol–water partition coefficient (Wildman–Crippen LogP) is 9.46. The molecule has 1 saturated carbocycles. The highest BCUT2D eigenvalue weighted by Crippen LogP contribution is 2.61. The molecule has 5 heteroatoms. The van der Waals surface area contributed by atoms with Gasteiger partial charge < -0.3 is 9.88 Å². The van der Waals surface area contributed by atoms with Gasteiger partial charge in [-0.15, -0.1) is 0 Å². The highest BCUT2D eigenvalue weighted by atomic mass is 15.3. The van der Waals surface area contributed by atoms with Crippen molar-refractivity contribution >= 4 is 49.4 Å². The second-order valence-corrected chi connectivity index (χ2v) is 14.4. The second kappa shape index (κ2) is 9.03. The number of fused-ring (bicyclic) bond motifs is 6. The largest absolute Gasteiger partial charge is 0.367 e. The van der Waals surface area contributed by atoms with Gasteiger partial charge in [0.25, 0.3) is 0 Å². The van der Waals surface area contributed by atoms with E-state index in [1.165, 1.54) is 62.3 Å². The summed E-state index contributed by atoms with van der Waals surface area (Å²) in [7, 11) is 0. The van der Waals surface area contributed by atoms with Crippen LogP contribution in [0.4, 0.5) is 0 Å². The molecule has 7 aromatic rings. The van der Waals surface area contributed by atoms with E-state index >= 15 is 0 Å². The van der Waals surface area contributed by atoms with Gasteiger partial charge in [-0.3, -0.25) is 4.57 Å². The summed E-state index contributed by atoms with van der Waals surface area (Å²) in [6.07, 6.45) is 5.02. The molecule has 0 radical (unpaired) electrons. The molecule has 2 unspecified atom stereocenters. The van der Waals surface area contributed by atoms with Crippen LogP contribution in [0.3, 0.4) is 0 Å². The maximum Gasteiger partial charge on any atom is 0.111 e.